The van der Waals surface area contributed by atoms with Crippen molar-refractivity contribution in [3.05, 3.63) is 0 Å². The molecule has 0 aromatic heterocycles. The number of alkyl halides is 5. The van der Waals surface area contributed by atoms with E-state index in [2.05, 4.69) is 4.74 Å². The van der Waals surface area contributed by atoms with Crippen LogP contribution in [0.5, 0.6) is 0 Å². The number of hydrogen-bond acceptors (Lipinski definition) is 2. The first-order valence-electron chi connectivity index (χ1n) is 4.85. The van der Waals surface area contributed by atoms with Crippen molar-refractivity contribution in [2.75, 3.05) is 6.61 Å². The lowest BCUT2D eigenvalue weighted by Gasteiger charge is -2.17. The van der Waals surface area contributed by atoms with E-state index in [1.807, 2.05) is 6.92 Å². The van der Waals surface area contributed by atoms with Crippen LogP contribution in [0.4, 0.5) is 22.0 Å². The van der Waals surface area contributed by atoms with Crippen LogP contribution in [0.3, 0.4) is 0 Å². The van der Waals surface area contributed by atoms with Gasteiger partial charge in [-0.15, -0.1) is 0 Å². The van der Waals surface area contributed by atoms with Gasteiger partial charge in [0.05, 0.1) is 6.61 Å². The molecule has 7 heteroatoms. The standard InChI is InChI=1S/C9H13F5O2/c1-2-3-4-5-6-16-7(15)8(10,11)9(12,13)14/h2-6H2,1H3. The van der Waals surface area contributed by atoms with Crippen LogP contribution in [-0.2, 0) is 9.53 Å². The first-order valence-corrected chi connectivity index (χ1v) is 4.85. The molecule has 0 N–H and O–H groups in total. The summed E-state index contributed by atoms with van der Waals surface area (Å²) in [6.45, 7) is 1.49. The van der Waals surface area contributed by atoms with Crippen molar-refractivity contribution in [2.24, 2.45) is 0 Å². The van der Waals surface area contributed by atoms with Crippen molar-refractivity contribution >= 4 is 5.97 Å². The van der Waals surface area contributed by atoms with Crippen LogP contribution in [0, 0.1) is 0 Å². The molecule has 2 nitrogen and oxygen atoms in total. The highest BCUT2D eigenvalue weighted by atomic mass is 19.4. The third-order valence-electron chi connectivity index (χ3n) is 1.84. The predicted octanol–water partition coefficient (Wildman–Crippen LogP) is 3.31. The zero-order valence-electron chi connectivity index (χ0n) is 8.74. The van der Waals surface area contributed by atoms with Gasteiger partial charge in [0, 0.05) is 0 Å². The molecule has 0 bridgehead atoms. The van der Waals surface area contributed by atoms with Crippen LogP contribution in [-0.4, -0.2) is 24.7 Å². The summed E-state index contributed by atoms with van der Waals surface area (Å²) in [5, 5.41) is 0. The minimum atomic E-state index is -5.90. The van der Waals surface area contributed by atoms with Crippen LogP contribution in [0.15, 0.2) is 0 Å². The molecule has 0 amide bonds. The minimum absolute atomic E-state index is 0.285. The van der Waals surface area contributed by atoms with E-state index < -0.39 is 24.7 Å². The van der Waals surface area contributed by atoms with Crippen LogP contribution in [0.2, 0.25) is 0 Å². The van der Waals surface area contributed by atoms with Crippen molar-refractivity contribution in [3.8, 4) is 0 Å². The molecule has 0 aliphatic rings. The second-order valence-corrected chi connectivity index (χ2v) is 3.27. The average Bonchev–Trinajstić information content (AvgIpc) is 2.15. The number of unbranched alkanes of at least 4 members (excludes halogenated alkanes) is 3. The van der Waals surface area contributed by atoms with Gasteiger partial charge in [0.25, 0.3) is 0 Å². The van der Waals surface area contributed by atoms with Gasteiger partial charge < -0.3 is 4.74 Å². The summed E-state index contributed by atoms with van der Waals surface area (Å²) >= 11 is 0. The Morgan fingerprint density at radius 3 is 2.06 bits per heavy atom. The number of rotatable bonds is 6. The summed E-state index contributed by atoms with van der Waals surface area (Å²) in [6, 6.07) is 0. The molecule has 0 aromatic rings. The summed E-state index contributed by atoms with van der Waals surface area (Å²) < 4.78 is 63.5. The Labute approximate surface area is 89.8 Å². The van der Waals surface area contributed by atoms with Gasteiger partial charge in [-0.05, 0) is 6.42 Å². The number of esters is 1. The Morgan fingerprint density at radius 1 is 1.06 bits per heavy atom. The highest BCUT2D eigenvalue weighted by Gasteiger charge is 2.64. The number of carbonyl (C=O) groups excluding carboxylic acids is 1. The molecule has 0 saturated heterocycles. The number of carbonyl (C=O) groups is 1. The molecular formula is C9H13F5O2. The predicted molar refractivity (Wildman–Crippen MR) is 46.1 cm³/mol. The monoisotopic (exact) mass is 248 g/mol. The lowest BCUT2D eigenvalue weighted by molar-refractivity contribution is -0.280. The topological polar surface area (TPSA) is 26.3 Å². The first-order chi connectivity index (χ1) is 7.23. The molecular weight excluding hydrogens is 235 g/mol. The van der Waals surface area contributed by atoms with E-state index in [0.717, 1.165) is 12.8 Å². The van der Waals surface area contributed by atoms with Gasteiger partial charge in [-0.2, -0.15) is 22.0 Å². The van der Waals surface area contributed by atoms with Gasteiger partial charge in [-0.1, -0.05) is 26.2 Å². The van der Waals surface area contributed by atoms with Gasteiger partial charge in [0.2, 0.25) is 0 Å². The fourth-order valence-corrected chi connectivity index (χ4v) is 0.900. The second kappa shape index (κ2) is 6.00. The van der Waals surface area contributed by atoms with Crippen LogP contribution in [0.1, 0.15) is 32.6 Å². The molecule has 0 radical (unpaired) electrons. The fourth-order valence-electron chi connectivity index (χ4n) is 0.900. The van der Waals surface area contributed by atoms with Crippen molar-refractivity contribution in [2.45, 2.75) is 44.7 Å². The largest absolute Gasteiger partial charge is 0.465 e. The van der Waals surface area contributed by atoms with E-state index in [-0.39, 0.29) is 6.42 Å². The molecule has 0 aromatic carbocycles. The summed E-state index contributed by atoms with van der Waals surface area (Å²) in [5.41, 5.74) is 0. The van der Waals surface area contributed by atoms with Crippen molar-refractivity contribution in [3.63, 3.8) is 0 Å². The smallest absolute Gasteiger partial charge is 0.461 e. The van der Waals surface area contributed by atoms with E-state index >= 15 is 0 Å². The second-order valence-electron chi connectivity index (χ2n) is 3.27. The average molecular weight is 248 g/mol. The van der Waals surface area contributed by atoms with Gasteiger partial charge in [0.15, 0.2) is 0 Å². The van der Waals surface area contributed by atoms with Crippen molar-refractivity contribution in [1.29, 1.82) is 0 Å². The van der Waals surface area contributed by atoms with Crippen LogP contribution < -0.4 is 0 Å². The maximum atomic E-state index is 12.3. The Morgan fingerprint density at radius 2 is 1.62 bits per heavy atom. The summed E-state index contributed by atoms with van der Waals surface area (Å²) in [6.07, 6.45) is -3.29. The molecule has 16 heavy (non-hydrogen) atoms. The van der Waals surface area contributed by atoms with Crippen molar-refractivity contribution in [1.82, 2.24) is 0 Å². The van der Waals surface area contributed by atoms with Gasteiger partial charge in [-0.25, -0.2) is 4.79 Å². The van der Waals surface area contributed by atoms with Gasteiger partial charge in [0.1, 0.15) is 0 Å². The maximum Gasteiger partial charge on any atom is 0.465 e. The molecule has 96 valence electrons. The third kappa shape index (κ3) is 4.32. The van der Waals surface area contributed by atoms with Gasteiger partial charge >= 0.3 is 18.1 Å². The fraction of sp³-hybridized carbons (Fsp3) is 0.889. The third-order valence-corrected chi connectivity index (χ3v) is 1.84. The molecule has 0 atom stereocenters. The van der Waals surface area contributed by atoms with Crippen LogP contribution in [0.25, 0.3) is 0 Å². The normalized spacial score (nSPS) is 12.6. The minimum Gasteiger partial charge on any atom is -0.461 e. The quantitative estimate of drug-likeness (QED) is 0.409. The Hall–Kier alpha value is -0.880. The van der Waals surface area contributed by atoms with E-state index in [4.69, 9.17) is 0 Å². The molecule has 0 aliphatic carbocycles. The molecule has 0 rings (SSSR count). The summed E-state index contributed by atoms with van der Waals surface area (Å²) in [7, 11) is 0. The molecule has 0 unspecified atom stereocenters. The lowest BCUT2D eigenvalue weighted by atomic mass is 10.2. The summed E-state index contributed by atoms with van der Waals surface area (Å²) in [4.78, 5) is 10.5. The highest BCUT2D eigenvalue weighted by molar-refractivity contribution is 5.78. The zero-order chi connectivity index (χ0) is 12.8. The van der Waals surface area contributed by atoms with E-state index in [9.17, 15) is 26.7 Å². The SMILES string of the molecule is CCCCCCOC(=O)C(F)(F)C(F)(F)F. The first kappa shape index (κ1) is 15.1. The lowest BCUT2D eigenvalue weighted by Crippen LogP contribution is -2.45. The molecule has 0 aliphatic heterocycles. The van der Waals surface area contributed by atoms with E-state index in [1.54, 1.807) is 0 Å². The Bertz CT molecular complexity index is 224. The summed E-state index contributed by atoms with van der Waals surface area (Å²) in [5.74, 6) is -7.95. The van der Waals surface area contributed by atoms with Crippen LogP contribution >= 0.6 is 0 Å². The zero-order valence-corrected chi connectivity index (χ0v) is 8.74. The van der Waals surface area contributed by atoms with Gasteiger partial charge in [-0.3, -0.25) is 0 Å². The van der Waals surface area contributed by atoms with Crippen molar-refractivity contribution < 1.29 is 31.5 Å². The molecule has 0 heterocycles. The number of ether oxygens (including phenoxy) is 1. The maximum absolute atomic E-state index is 12.3. The van der Waals surface area contributed by atoms with E-state index in [1.165, 1.54) is 0 Å². The molecule has 0 saturated carbocycles. The Kier molecular flexibility index (Phi) is 5.67. The number of hydrogen-bond donors (Lipinski definition) is 0. The Balaban J connectivity index is 3.98. The number of halogens is 5. The highest BCUT2D eigenvalue weighted by Crippen LogP contribution is 2.36. The van der Waals surface area contributed by atoms with E-state index in [0.29, 0.717) is 6.42 Å². The molecule has 0 fully saturated rings. The molecule has 0 spiro atoms.